The summed E-state index contributed by atoms with van der Waals surface area (Å²) in [5.74, 6) is -0.247. The lowest BCUT2D eigenvalue weighted by Crippen LogP contribution is -2.46. The Morgan fingerprint density at radius 2 is 2.02 bits per heavy atom. The van der Waals surface area contributed by atoms with Gasteiger partial charge in [0.05, 0.1) is 23.7 Å². The Balaban J connectivity index is 1.24. The van der Waals surface area contributed by atoms with Crippen LogP contribution in [0.2, 0.25) is 0 Å². The number of hydrogen-bond donors (Lipinski definition) is 1. The summed E-state index contributed by atoms with van der Waals surface area (Å²) in [6.45, 7) is 8.04. The van der Waals surface area contributed by atoms with E-state index in [2.05, 4.69) is 32.1 Å². The second-order valence-electron chi connectivity index (χ2n) is 10.1. The summed E-state index contributed by atoms with van der Waals surface area (Å²) in [7, 11) is 0. The number of thioether (sulfide) groups is 1. The second kappa shape index (κ2) is 11.8. The highest BCUT2D eigenvalue weighted by Gasteiger charge is 2.44. The van der Waals surface area contributed by atoms with Crippen molar-refractivity contribution in [1.82, 2.24) is 25.2 Å². The van der Waals surface area contributed by atoms with Crippen LogP contribution in [0.15, 0.2) is 35.5 Å². The summed E-state index contributed by atoms with van der Waals surface area (Å²) in [6, 6.07) is 5.82. The number of alkyl halides is 3. The number of piperidine rings is 1. The lowest BCUT2D eigenvalue weighted by Gasteiger charge is -2.45. The number of nitrogens with one attached hydrogen (secondary N) is 1. The molecule has 12 heteroatoms. The van der Waals surface area contributed by atoms with Crippen LogP contribution in [0.5, 0.6) is 0 Å². The highest BCUT2D eigenvalue weighted by atomic mass is 32.2. The van der Waals surface area contributed by atoms with Crippen LogP contribution in [-0.4, -0.2) is 51.2 Å². The van der Waals surface area contributed by atoms with E-state index in [0.717, 1.165) is 46.0 Å². The number of aryl methyl sites for hydroxylation is 1. The van der Waals surface area contributed by atoms with Gasteiger partial charge < -0.3 is 10.1 Å². The quantitative estimate of drug-likeness (QED) is 0.341. The van der Waals surface area contributed by atoms with E-state index >= 15 is 0 Å². The number of carbonyl (C=O) groups excluding carboxylic acids is 1. The van der Waals surface area contributed by atoms with Crippen LogP contribution >= 0.6 is 23.1 Å². The zero-order valence-corrected chi connectivity index (χ0v) is 24.3. The number of amides is 1. The topological polar surface area (TPSA) is 80.2 Å². The number of likely N-dealkylation sites (tertiary alicyclic amines) is 1. The summed E-state index contributed by atoms with van der Waals surface area (Å²) in [6.07, 6.45) is 0.804. The third-order valence-electron chi connectivity index (χ3n) is 7.61. The molecule has 0 aliphatic carbocycles. The number of pyridine rings is 1. The van der Waals surface area contributed by atoms with Gasteiger partial charge >= 0.3 is 6.18 Å². The zero-order chi connectivity index (χ0) is 28.5. The monoisotopic (exact) mass is 591 g/mol. The van der Waals surface area contributed by atoms with E-state index in [-0.39, 0.29) is 11.9 Å². The molecule has 0 radical (unpaired) electrons. The lowest BCUT2D eigenvalue weighted by molar-refractivity contribution is -0.145. The highest BCUT2D eigenvalue weighted by Crippen LogP contribution is 2.46. The molecule has 3 aromatic rings. The Morgan fingerprint density at radius 1 is 1.25 bits per heavy atom. The summed E-state index contributed by atoms with van der Waals surface area (Å²) >= 11 is 3.23. The molecule has 1 amide bonds. The van der Waals surface area contributed by atoms with Crippen LogP contribution in [0.4, 0.5) is 13.2 Å². The van der Waals surface area contributed by atoms with E-state index in [9.17, 15) is 18.0 Å². The van der Waals surface area contributed by atoms with Gasteiger partial charge in [0.15, 0.2) is 0 Å². The molecule has 1 unspecified atom stereocenters. The van der Waals surface area contributed by atoms with Crippen molar-refractivity contribution in [2.45, 2.75) is 69.3 Å². The Labute approximate surface area is 240 Å². The Kier molecular flexibility index (Phi) is 8.51. The van der Waals surface area contributed by atoms with E-state index < -0.39 is 17.6 Å². The first-order valence-electron chi connectivity index (χ1n) is 13.4. The molecule has 1 saturated heterocycles. The SMILES string of the molecule is CCSc1ccc(CNC(=O)c2cc3c(s2)C2(CCN(C(C)c4cnc(C(F)(F)F)nc4C)CC2)OCC3)nc1. The molecule has 7 nitrogen and oxygen atoms in total. The minimum Gasteiger partial charge on any atom is -0.369 e. The Morgan fingerprint density at radius 3 is 2.67 bits per heavy atom. The third-order valence-corrected chi connectivity index (χ3v) is 9.83. The number of carbonyl (C=O) groups is 1. The maximum atomic E-state index is 13.0. The molecule has 3 aromatic heterocycles. The van der Waals surface area contributed by atoms with Crippen molar-refractivity contribution in [3.8, 4) is 0 Å². The van der Waals surface area contributed by atoms with Gasteiger partial charge in [-0.3, -0.25) is 14.7 Å². The molecule has 1 N–H and O–H groups in total. The number of halogens is 3. The number of hydrogen-bond acceptors (Lipinski definition) is 8. The Hall–Kier alpha value is -2.54. The van der Waals surface area contributed by atoms with Crippen LogP contribution in [-0.2, 0) is 29.5 Å². The van der Waals surface area contributed by atoms with Crippen molar-refractivity contribution in [2.24, 2.45) is 0 Å². The normalized spacial score (nSPS) is 17.9. The Bertz CT molecular complexity index is 1350. The molecular formula is C28H32F3N5O2S2. The lowest BCUT2D eigenvalue weighted by atomic mass is 9.84. The highest BCUT2D eigenvalue weighted by molar-refractivity contribution is 7.99. The van der Waals surface area contributed by atoms with Gasteiger partial charge in [-0.2, -0.15) is 13.2 Å². The molecule has 0 aromatic carbocycles. The average Bonchev–Trinajstić information content (AvgIpc) is 3.39. The van der Waals surface area contributed by atoms with Crippen LogP contribution in [0.25, 0.3) is 0 Å². The molecule has 5 rings (SSSR count). The fourth-order valence-corrected chi connectivity index (χ4v) is 7.38. The third kappa shape index (κ3) is 6.05. The largest absolute Gasteiger partial charge is 0.451 e. The van der Waals surface area contributed by atoms with Gasteiger partial charge in [0, 0.05) is 52.6 Å². The van der Waals surface area contributed by atoms with Crippen molar-refractivity contribution in [1.29, 1.82) is 0 Å². The van der Waals surface area contributed by atoms with Gasteiger partial charge in [-0.25, -0.2) is 9.97 Å². The molecule has 2 aliphatic rings. The summed E-state index contributed by atoms with van der Waals surface area (Å²) in [5.41, 5.74) is 2.55. The van der Waals surface area contributed by atoms with Crippen molar-refractivity contribution >= 4 is 29.0 Å². The number of ether oxygens (including phenoxy) is 1. The van der Waals surface area contributed by atoms with Crippen LogP contribution in [0.1, 0.15) is 75.6 Å². The molecule has 0 bridgehead atoms. The summed E-state index contributed by atoms with van der Waals surface area (Å²) in [5, 5.41) is 3.00. The molecular weight excluding hydrogens is 559 g/mol. The standard InChI is InChI=1S/C28H32F3N5O2S2/c1-4-39-21-6-5-20(32-15-21)14-33-25(37)23-13-19-7-12-38-27(24(19)40-23)8-10-36(11-9-27)18(3)22-16-34-26(28(29,30)31)35-17(22)2/h5-6,13,15-16,18H,4,7-12,14H2,1-3H3,(H,33,37). The van der Waals surface area contributed by atoms with Crippen LogP contribution in [0.3, 0.4) is 0 Å². The maximum Gasteiger partial charge on any atom is 0.451 e. The molecule has 2 aliphatic heterocycles. The fourth-order valence-electron chi connectivity index (χ4n) is 5.42. The van der Waals surface area contributed by atoms with E-state index in [1.54, 1.807) is 18.7 Å². The molecule has 214 valence electrons. The number of thiophene rings is 1. The molecule has 0 saturated carbocycles. The van der Waals surface area contributed by atoms with Gasteiger partial charge in [-0.05, 0) is 62.6 Å². The first-order valence-corrected chi connectivity index (χ1v) is 15.2. The van der Waals surface area contributed by atoms with Gasteiger partial charge in [0.1, 0.15) is 5.60 Å². The van der Waals surface area contributed by atoms with E-state index in [4.69, 9.17) is 4.74 Å². The number of nitrogens with zero attached hydrogens (tertiary/aromatic N) is 4. The number of rotatable bonds is 7. The minimum absolute atomic E-state index is 0.118. The number of fused-ring (bicyclic) bond motifs is 2. The fraction of sp³-hybridized carbons (Fsp3) is 0.500. The van der Waals surface area contributed by atoms with Crippen molar-refractivity contribution in [3.05, 3.63) is 68.7 Å². The molecule has 1 atom stereocenters. The molecule has 5 heterocycles. The van der Waals surface area contributed by atoms with Crippen molar-refractivity contribution in [3.63, 3.8) is 0 Å². The smallest absolute Gasteiger partial charge is 0.369 e. The molecule has 40 heavy (non-hydrogen) atoms. The van der Waals surface area contributed by atoms with Gasteiger partial charge in [0.2, 0.25) is 5.82 Å². The second-order valence-corrected chi connectivity index (χ2v) is 12.5. The predicted molar refractivity (Wildman–Crippen MR) is 148 cm³/mol. The van der Waals surface area contributed by atoms with Crippen molar-refractivity contribution < 1.29 is 22.7 Å². The van der Waals surface area contributed by atoms with Crippen molar-refractivity contribution in [2.75, 3.05) is 25.4 Å². The van der Waals surface area contributed by atoms with E-state index in [1.807, 2.05) is 31.3 Å². The number of aromatic nitrogens is 3. The molecule has 1 fully saturated rings. The van der Waals surface area contributed by atoms with E-state index in [1.165, 1.54) is 17.5 Å². The minimum atomic E-state index is -4.56. The van der Waals surface area contributed by atoms with Crippen LogP contribution < -0.4 is 5.32 Å². The summed E-state index contributed by atoms with van der Waals surface area (Å²) < 4.78 is 45.4. The predicted octanol–water partition coefficient (Wildman–Crippen LogP) is 5.93. The van der Waals surface area contributed by atoms with Crippen LogP contribution in [0, 0.1) is 6.92 Å². The van der Waals surface area contributed by atoms with Gasteiger partial charge in [0.25, 0.3) is 5.91 Å². The van der Waals surface area contributed by atoms with E-state index in [0.29, 0.717) is 42.4 Å². The average molecular weight is 592 g/mol. The van der Waals surface area contributed by atoms with Gasteiger partial charge in [-0.15, -0.1) is 23.1 Å². The molecule has 1 spiro atoms. The zero-order valence-electron chi connectivity index (χ0n) is 22.7. The summed E-state index contributed by atoms with van der Waals surface area (Å²) in [4.78, 5) is 29.9. The first kappa shape index (κ1) is 29.0. The van der Waals surface area contributed by atoms with Gasteiger partial charge in [-0.1, -0.05) is 6.92 Å². The first-order chi connectivity index (χ1) is 19.1. The maximum absolute atomic E-state index is 13.0.